The molecular formula is C17H17BrN2O3. The fraction of sp³-hybridized carbons (Fsp3) is 0.176. The Labute approximate surface area is 143 Å². The number of halogens is 1. The number of methoxy groups -OCH3 is 1. The topological polar surface area (TPSA) is 73.9 Å². The summed E-state index contributed by atoms with van der Waals surface area (Å²) in [6.45, 7) is 0.179. The van der Waals surface area contributed by atoms with Crippen molar-refractivity contribution in [3.63, 3.8) is 0 Å². The second-order valence-electron chi connectivity index (χ2n) is 4.69. The van der Waals surface area contributed by atoms with Crippen molar-refractivity contribution in [3.05, 3.63) is 59.2 Å². The van der Waals surface area contributed by atoms with Crippen molar-refractivity contribution in [1.82, 2.24) is 0 Å². The van der Waals surface area contributed by atoms with E-state index in [1.54, 1.807) is 13.2 Å². The van der Waals surface area contributed by atoms with Gasteiger partial charge in [0.25, 0.3) is 0 Å². The number of carbonyl (C=O) groups is 1. The zero-order chi connectivity index (χ0) is 16.7. The van der Waals surface area contributed by atoms with Crippen molar-refractivity contribution in [2.75, 3.05) is 12.8 Å². The molecule has 6 heteroatoms. The van der Waals surface area contributed by atoms with Gasteiger partial charge in [0.1, 0.15) is 12.4 Å². The number of rotatable bonds is 5. The first-order valence-corrected chi connectivity index (χ1v) is 8.04. The number of carbonyl (C=O) groups excluding carboxylic acids is 1. The molecule has 5 nitrogen and oxygen atoms in total. The van der Waals surface area contributed by atoms with Crippen molar-refractivity contribution < 1.29 is 14.3 Å². The van der Waals surface area contributed by atoms with Gasteiger partial charge in [0.05, 0.1) is 12.8 Å². The molecule has 0 aromatic heterocycles. The van der Waals surface area contributed by atoms with E-state index >= 15 is 0 Å². The number of aliphatic imine (C=N–C) groups is 1. The van der Waals surface area contributed by atoms with Gasteiger partial charge in [-0.2, -0.15) is 4.99 Å². The van der Waals surface area contributed by atoms with E-state index in [1.165, 1.54) is 6.21 Å². The Bertz CT molecular complexity index is 702. The molecule has 1 amide bonds. The lowest BCUT2D eigenvalue weighted by Crippen LogP contribution is -2.03. The van der Waals surface area contributed by atoms with Gasteiger partial charge in [-0.15, -0.1) is 0 Å². The SMILES string of the molecule is COc1c(CBr)ccc(/C=N\C(=O)OCc2ccccc2)c1N. The van der Waals surface area contributed by atoms with Crippen LogP contribution in [0, 0.1) is 0 Å². The van der Waals surface area contributed by atoms with Gasteiger partial charge in [0.2, 0.25) is 0 Å². The van der Waals surface area contributed by atoms with Crippen LogP contribution in [0.25, 0.3) is 0 Å². The Morgan fingerprint density at radius 1 is 1.26 bits per heavy atom. The summed E-state index contributed by atoms with van der Waals surface area (Å²) < 4.78 is 10.4. The van der Waals surface area contributed by atoms with E-state index in [9.17, 15) is 4.79 Å². The van der Waals surface area contributed by atoms with Crippen molar-refractivity contribution >= 4 is 33.9 Å². The molecule has 0 spiro atoms. The third-order valence-electron chi connectivity index (χ3n) is 3.17. The lowest BCUT2D eigenvalue weighted by Gasteiger charge is -2.11. The van der Waals surface area contributed by atoms with Gasteiger partial charge < -0.3 is 15.2 Å². The number of hydrogen-bond acceptors (Lipinski definition) is 4. The molecule has 23 heavy (non-hydrogen) atoms. The number of nitrogens with two attached hydrogens (primary N) is 1. The van der Waals surface area contributed by atoms with E-state index in [0.29, 0.717) is 22.3 Å². The number of amides is 1. The second-order valence-corrected chi connectivity index (χ2v) is 5.25. The van der Waals surface area contributed by atoms with Gasteiger partial charge >= 0.3 is 6.09 Å². The molecule has 0 saturated heterocycles. The minimum absolute atomic E-state index is 0.179. The molecule has 2 aromatic carbocycles. The van der Waals surface area contributed by atoms with Gasteiger partial charge in [0.15, 0.2) is 0 Å². The normalized spacial score (nSPS) is 10.7. The molecule has 0 aliphatic rings. The average Bonchev–Trinajstić information content (AvgIpc) is 2.59. The molecule has 2 N–H and O–H groups in total. The Morgan fingerprint density at radius 2 is 2.00 bits per heavy atom. The van der Waals surface area contributed by atoms with E-state index in [0.717, 1.165) is 11.1 Å². The minimum Gasteiger partial charge on any atom is -0.494 e. The predicted molar refractivity (Wildman–Crippen MR) is 94.3 cm³/mol. The molecule has 0 atom stereocenters. The number of benzene rings is 2. The van der Waals surface area contributed by atoms with E-state index < -0.39 is 6.09 Å². The Hall–Kier alpha value is -2.34. The Morgan fingerprint density at radius 3 is 2.65 bits per heavy atom. The summed E-state index contributed by atoms with van der Waals surface area (Å²) in [5, 5.41) is 0.622. The highest BCUT2D eigenvalue weighted by molar-refractivity contribution is 9.08. The van der Waals surface area contributed by atoms with Gasteiger partial charge in [0, 0.05) is 22.7 Å². The molecule has 0 aliphatic heterocycles. The molecule has 0 unspecified atom stereocenters. The van der Waals surface area contributed by atoms with Crippen molar-refractivity contribution in [2.45, 2.75) is 11.9 Å². The van der Waals surface area contributed by atoms with Crippen LogP contribution in [0.3, 0.4) is 0 Å². The molecule has 2 rings (SSSR count). The van der Waals surface area contributed by atoms with Crippen molar-refractivity contribution in [2.24, 2.45) is 4.99 Å². The molecule has 0 radical (unpaired) electrons. The molecule has 0 saturated carbocycles. The highest BCUT2D eigenvalue weighted by Crippen LogP contribution is 2.30. The zero-order valence-electron chi connectivity index (χ0n) is 12.7. The van der Waals surface area contributed by atoms with Crippen LogP contribution in [-0.4, -0.2) is 19.4 Å². The number of alkyl halides is 1. The minimum atomic E-state index is -0.670. The van der Waals surface area contributed by atoms with E-state index in [1.807, 2.05) is 36.4 Å². The Balaban J connectivity index is 2.03. The monoisotopic (exact) mass is 376 g/mol. The number of anilines is 1. The molecule has 0 bridgehead atoms. The molecule has 0 aliphatic carbocycles. The van der Waals surface area contributed by atoms with Crippen molar-refractivity contribution in [1.29, 1.82) is 0 Å². The molecule has 2 aromatic rings. The zero-order valence-corrected chi connectivity index (χ0v) is 14.2. The molecular weight excluding hydrogens is 360 g/mol. The van der Waals surface area contributed by atoms with Crippen LogP contribution in [0.2, 0.25) is 0 Å². The summed E-state index contributed by atoms with van der Waals surface area (Å²) in [5.41, 5.74) is 8.89. The van der Waals surface area contributed by atoms with Gasteiger partial charge in [-0.3, -0.25) is 0 Å². The number of ether oxygens (including phenoxy) is 2. The summed E-state index contributed by atoms with van der Waals surface area (Å²) in [4.78, 5) is 15.4. The first kappa shape index (κ1) is 17.0. The summed E-state index contributed by atoms with van der Waals surface area (Å²) in [6.07, 6.45) is 0.709. The lowest BCUT2D eigenvalue weighted by molar-refractivity contribution is 0.151. The second kappa shape index (κ2) is 8.33. The van der Waals surface area contributed by atoms with Crippen LogP contribution in [0.15, 0.2) is 47.5 Å². The maximum atomic E-state index is 11.7. The van der Waals surface area contributed by atoms with Gasteiger partial charge in [-0.1, -0.05) is 58.4 Å². The summed E-state index contributed by atoms with van der Waals surface area (Å²) in [7, 11) is 1.55. The van der Waals surface area contributed by atoms with Crippen molar-refractivity contribution in [3.8, 4) is 5.75 Å². The average molecular weight is 377 g/mol. The first-order chi connectivity index (χ1) is 11.2. The fourth-order valence-corrected chi connectivity index (χ4v) is 2.44. The molecule has 0 fully saturated rings. The van der Waals surface area contributed by atoms with Gasteiger partial charge in [-0.25, -0.2) is 4.79 Å². The maximum Gasteiger partial charge on any atom is 0.433 e. The number of nitrogens with zero attached hydrogens (tertiary/aromatic N) is 1. The standard InChI is InChI=1S/C17H17BrN2O3/c1-22-16-13(9-18)7-8-14(15(16)19)10-20-17(21)23-11-12-5-3-2-4-6-12/h2-8,10H,9,11,19H2,1H3/b20-10-. The first-order valence-electron chi connectivity index (χ1n) is 6.91. The highest BCUT2D eigenvalue weighted by Gasteiger charge is 2.10. The van der Waals surface area contributed by atoms with E-state index in [4.69, 9.17) is 15.2 Å². The summed E-state index contributed by atoms with van der Waals surface area (Å²) >= 11 is 3.37. The van der Waals surface area contributed by atoms with Crippen LogP contribution < -0.4 is 10.5 Å². The Kier molecular flexibility index (Phi) is 6.17. The fourth-order valence-electron chi connectivity index (χ4n) is 2.00. The highest BCUT2D eigenvalue weighted by atomic mass is 79.9. The van der Waals surface area contributed by atoms with E-state index in [-0.39, 0.29) is 6.61 Å². The smallest absolute Gasteiger partial charge is 0.433 e. The van der Waals surface area contributed by atoms with E-state index in [2.05, 4.69) is 20.9 Å². The third kappa shape index (κ3) is 4.56. The maximum absolute atomic E-state index is 11.7. The van der Waals surface area contributed by atoms with Crippen LogP contribution in [0.1, 0.15) is 16.7 Å². The summed E-state index contributed by atoms with van der Waals surface area (Å²) in [6, 6.07) is 13.0. The predicted octanol–water partition coefficient (Wildman–Crippen LogP) is 3.93. The molecule has 120 valence electrons. The van der Waals surface area contributed by atoms with Crippen LogP contribution in [0.4, 0.5) is 10.5 Å². The van der Waals surface area contributed by atoms with Crippen LogP contribution >= 0.6 is 15.9 Å². The third-order valence-corrected chi connectivity index (χ3v) is 3.78. The van der Waals surface area contributed by atoms with Crippen LogP contribution in [-0.2, 0) is 16.7 Å². The quantitative estimate of drug-likeness (QED) is 0.487. The lowest BCUT2D eigenvalue weighted by atomic mass is 10.1. The van der Waals surface area contributed by atoms with Gasteiger partial charge in [-0.05, 0) is 5.56 Å². The number of nitrogen functional groups attached to an aromatic ring is 1. The largest absolute Gasteiger partial charge is 0.494 e. The van der Waals surface area contributed by atoms with Crippen LogP contribution in [0.5, 0.6) is 5.75 Å². The summed E-state index contributed by atoms with van der Waals surface area (Å²) in [5.74, 6) is 0.573. The molecule has 0 heterocycles. The number of hydrogen-bond donors (Lipinski definition) is 1.